The molecule has 5 nitrogen and oxygen atoms in total. The van der Waals surface area contributed by atoms with Crippen molar-refractivity contribution in [1.82, 2.24) is 4.90 Å². The summed E-state index contributed by atoms with van der Waals surface area (Å²) in [5.74, 6) is -1.20. The van der Waals surface area contributed by atoms with Crippen LogP contribution in [-0.4, -0.2) is 48.0 Å². The van der Waals surface area contributed by atoms with Gasteiger partial charge >= 0.3 is 6.18 Å². The molecule has 0 radical (unpaired) electrons. The van der Waals surface area contributed by atoms with Gasteiger partial charge in [0.25, 0.3) is 5.72 Å². The lowest BCUT2D eigenvalue weighted by atomic mass is 10.1. The van der Waals surface area contributed by atoms with Crippen molar-refractivity contribution >= 4 is 27.3 Å². The molecule has 25 heavy (non-hydrogen) atoms. The molecule has 2 heterocycles. The van der Waals surface area contributed by atoms with E-state index in [0.29, 0.717) is 0 Å². The molecule has 0 bridgehead atoms. The third kappa shape index (κ3) is 3.07. The van der Waals surface area contributed by atoms with Crippen molar-refractivity contribution in [1.29, 1.82) is 0 Å². The van der Waals surface area contributed by atoms with Crippen LogP contribution in [-0.2, 0) is 9.84 Å². The normalized spacial score (nSPS) is 26.3. The van der Waals surface area contributed by atoms with Gasteiger partial charge in [-0.25, -0.2) is 13.4 Å². The predicted octanol–water partition coefficient (Wildman–Crippen LogP) is 2.44. The number of hydrogen-bond acceptors (Lipinski definition) is 5. The maximum atomic E-state index is 13.5. The number of allylic oxidation sites excluding steroid dienone is 2. The first-order chi connectivity index (χ1) is 11.5. The highest BCUT2D eigenvalue weighted by molar-refractivity contribution is 7.91. The van der Waals surface area contributed by atoms with Gasteiger partial charge in [0.05, 0.1) is 15.7 Å². The molecule has 2 atom stereocenters. The van der Waals surface area contributed by atoms with E-state index in [1.54, 1.807) is 6.07 Å². The molecule has 0 saturated carbocycles. The fraction of sp³-hybridized carbons (Fsp3) is 0.267. The van der Waals surface area contributed by atoms with Crippen LogP contribution in [0.25, 0.3) is 0 Å². The van der Waals surface area contributed by atoms with Crippen molar-refractivity contribution < 1.29 is 26.7 Å². The standard InChI is InChI=1S/C15H12ClF3N2O3S/c16-10-6-7-13-20-14(22,15(17,18)19)12(21(13)8-10)9-25(23,24)11-4-2-1-3-5-11/h1-8,12,22H,9H2. The molecule has 134 valence electrons. The zero-order chi connectivity index (χ0) is 18.5. The Bertz CT molecular complexity index is 881. The van der Waals surface area contributed by atoms with E-state index in [-0.39, 0.29) is 15.8 Å². The second kappa shape index (κ2) is 5.86. The first-order valence-electron chi connectivity index (χ1n) is 7.05. The third-order valence-corrected chi connectivity index (χ3v) is 5.87. The van der Waals surface area contributed by atoms with Crippen LogP contribution in [0.5, 0.6) is 0 Å². The van der Waals surface area contributed by atoms with Gasteiger partial charge in [-0.15, -0.1) is 0 Å². The van der Waals surface area contributed by atoms with Crippen LogP contribution in [0, 0.1) is 0 Å². The van der Waals surface area contributed by atoms with Crippen LogP contribution in [0.1, 0.15) is 0 Å². The van der Waals surface area contributed by atoms with Crippen LogP contribution >= 0.6 is 11.6 Å². The molecule has 2 aliphatic heterocycles. The Labute approximate surface area is 146 Å². The highest BCUT2D eigenvalue weighted by atomic mass is 35.5. The summed E-state index contributed by atoms with van der Waals surface area (Å²) < 4.78 is 65.4. The van der Waals surface area contributed by atoms with Gasteiger partial charge in [0.1, 0.15) is 11.9 Å². The minimum Gasteiger partial charge on any atom is -0.360 e. The number of nitrogens with zero attached hydrogens (tertiary/aromatic N) is 2. The topological polar surface area (TPSA) is 70.0 Å². The summed E-state index contributed by atoms with van der Waals surface area (Å²) in [7, 11) is -4.11. The van der Waals surface area contributed by atoms with Crippen LogP contribution in [0.15, 0.2) is 63.6 Å². The van der Waals surface area contributed by atoms with E-state index in [4.69, 9.17) is 11.6 Å². The van der Waals surface area contributed by atoms with Crippen molar-refractivity contribution in [2.24, 2.45) is 4.99 Å². The highest BCUT2D eigenvalue weighted by Crippen LogP contribution is 2.42. The Morgan fingerprint density at radius 2 is 1.88 bits per heavy atom. The van der Waals surface area contributed by atoms with E-state index in [1.165, 1.54) is 36.4 Å². The zero-order valence-corrected chi connectivity index (χ0v) is 14.1. The fourth-order valence-corrected chi connectivity index (χ4v) is 4.39. The molecule has 1 aromatic carbocycles. The zero-order valence-electron chi connectivity index (χ0n) is 12.5. The second-order valence-electron chi connectivity index (χ2n) is 5.56. The Kier molecular flexibility index (Phi) is 4.21. The number of rotatable bonds is 3. The van der Waals surface area contributed by atoms with Gasteiger partial charge < -0.3 is 10.0 Å². The average molecular weight is 393 g/mol. The number of sulfone groups is 1. The molecule has 1 N–H and O–H groups in total. The number of amidine groups is 1. The van der Waals surface area contributed by atoms with Crippen LogP contribution < -0.4 is 0 Å². The van der Waals surface area contributed by atoms with E-state index in [2.05, 4.69) is 4.99 Å². The van der Waals surface area contributed by atoms with Gasteiger partial charge in [0.15, 0.2) is 9.84 Å². The Morgan fingerprint density at radius 1 is 1.24 bits per heavy atom. The summed E-state index contributed by atoms with van der Waals surface area (Å²) in [5.41, 5.74) is -3.56. The van der Waals surface area contributed by atoms with Crippen molar-refractivity contribution in [2.45, 2.75) is 22.8 Å². The number of alkyl halides is 3. The Hall–Kier alpha value is -1.84. The van der Waals surface area contributed by atoms with Gasteiger partial charge in [0.2, 0.25) is 0 Å². The van der Waals surface area contributed by atoms with E-state index < -0.39 is 33.5 Å². The minimum atomic E-state index is -5.16. The molecule has 0 fully saturated rings. The van der Waals surface area contributed by atoms with Gasteiger partial charge in [0, 0.05) is 6.20 Å². The molecule has 3 rings (SSSR count). The molecule has 0 spiro atoms. The van der Waals surface area contributed by atoms with E-state index in [1.807, 2.05) is 0 Å². The number of benzene rings is 1. The van der Waals surface area contributed by atoms with E-state index in [9.17, 15) is 26.7 Å². The average Bonchev–Trinajstić information content (AvgIpc) is 2.81. The fourth-order valence-electron chi connectivity index (χ4n) is 2.65. The first-order valence-corrected chi connectivity index (χ1v) is 9.08. The molecule has 1 aromatic rings. The SMILES string of the molecule is O=S(=O)(CC1N2C=C(Cl)C=CC2=NC1(O)C(F)(F)F)c1ccccc1. The molecule has 10 heteroatoms. The van der Waals surface area contributed by atoms with E-state index >= 15 is 0 Å². The molecular formula is C15H12ClF3N2O3S. The number of fused-ring (bicyclic) bond motifs is 1. The number of aliphatic imine (C=N–C) groups is 1. The van der Waals surface area contributed by atoms with Crippen LogP contribution in [0.2, 0.25) is 0 Å². The van der Waals surface area contributed by atoms with Crippen molar-refractivity contribution in [2.75, 3.05) is 5.75 Å². The minimum absolute atomic E-state index is 0.0903. The molecule has 0 amide bonds. The van der Waals surface area contributed by atoms with Crippen molar-refractivity contribution in [3.05, 3.63) is 53.7 Å². The maximum absolute atomic E-state index is 13.5. The Morgan fingerprint density at radius 3 is 2.48 bits per heavy atom. The highest BCUT2D eigenvalue weighted by Gasteiger charge is 2.65. The molecule has 2 unspecified atom stereocenters. The Balaban J connectivity index is 2.04. The summed E-state index contributed by atoms with van der Waals surface area (Å²) in [6.07, 6.45) is -1.55. The summed E-state index contributed by atoms with van der Waals surface area (Å²) in [4.78, 5) is 4.12. The molecule has 0 aromatic heterocycles. The number of hydrogen-bond donors (Lipinski definition) is 1. The predicted molar refractivity (Wildman–Crippen MR) is 85.6 cm³/mol. The number of halogens is 4. The molecule has 0 saturated heterocycles. The van der Waals surface area contributed by atoms with Gasteiger partial charge in [-0.05, 0) is 24.3 Å². The quantitative estimate of drug-likeness (QED) is 0.857. The first kappa shape index (κ1) is 18.0. The molecule has 2 aliphatic rings. The van der Waals surface area contributed by atoms with Crippen molar-refractivity contribution in [3.63, 3.8) is 0 Å². The summed E-state index contributed by atoms with van der Waals surface area (Å²) >= 11 is 5.81. The smallest absolute Gasteiger partial charge is 0.360 e. The van der Waals surface area contributed by atoms with Gasteiger partial charge in [-0.3, -0.25) is 0 Å². The van der Waals surface area contributed by atoms with E-state index in [0.717, 1.165) is 11.1 Å². The lowest BCUT2D eigenvalue weighted by Crippen LogP contribution is -2.57. The lowest BCUT2D eigenvalue weighted by molar-refractivity contribution is -0.264. The molecule has 0 aliphatic carbocycles. The summed E-state index contributed by atoms with van der Waals surface area (Å²) in [6.45, 7) is 0. The van der Waals surface area contributed by atoms with Crippen LogP contribution in [0.3, 0.4) is 0 Å². The molecular weight excluding hydrogens is 381 g/mol. The number of aliphatic hydroxyl groups is 1. The maximum Gasteiger partial charge on any atom is 0.440 e. The monoisotopic (exact) mass is 392 g/mol. The third-order valence-electron chi connectivity index (χ3n) is 3.90. The largest absolute Gasteiger partial charge is 0.440 e. The summed E-state index contributed by atoms with van der Waals surface area (Å²) in [5, 5.41) is 10.3. The van der Waals surface area contributed by atoms with Gasteiger partial charge in [-0.2, -0.15) is 13.2 Å². The van der Waals surface area contributed by atoms with Gasteiger partial charge in [-0.1, -0.05) is 29.8 Å². The second-order valence-corrected chi connectivity index (χ2v) is 8.03. The lowest BCUT2D eigenvalue weighted by Gasteiger charge is -2.33. The van der Waals surface area contributed by atoms with Crippen molar-refractivity contribution in [3.8, 4) is 0 Å². The summed E-state index contributed by atoms with van der Waals surface area (Å²) in [6, 6.07) is 5.15. The van der Waals surface area contributed by atoms with Crippen LogP contribution in [0.4, 0.5) is 13.2 Å².